The second-order valence-corrected chi connectivity index (χ2v) is 4.36. The Hall–Kier alpha value is -1.81. The number of nitrogens with zero attached hydrogens (tertiary/aromatic N) is 2. The molecule has 1 heterocycles. The second kappa shape index (κ2) is 5.01. The zero-order valence-electron chi connectivity index (χ0n) is 10.2. The molecule has 0 aliphatic rings. The molecule has 90 valence electrons. The van der Waals surface area contributed by atoms with Crippen LogP contribution in [0.3, 0.4) is 0 Å². The first-order valence-electron chi connectivity index (χ1n) is 5.61. The van der Waals surface area contributed by atoms with Gasteiger partial charge in [-0.3, -0.25) is 0 Å². The van der Waals surface area contributed by atoms with Crippen LogP contribution >= 0.6 is 0 Å². The number of rotatable bonds is 4. The average Bonchev–Trinajstić information content (AvgIpc) is 2.74. The van der Waals surface area contributed by atoms with Crippen LogP contribution in [0.25, 0.3) is 11.3 Å². The summed E-state index contributed by atoms with van der Waals surface area (Å²) < 4.78 is 4.85. The van der Waals surface area contributed by atoms with Gasteiger partial charge in [0, 0.05) is 18.2 Å². The van der Waals surface area contributed by atoms with Crippen LogP contribution in [0.4, 0.5) is 5.88 Å². The van der Waals surface area contributed by atoms with Gasteiger partial charge in [0.2, 0.25) is 5.88 Å². The van der Waals surface area contributed by atoms with Crippen molar-refractivity contribution in [1.29, 1.82) is 0 Å². The molecular weight excluding hydrogens is 214 g/mol. The van der Waals surface area contributed by atoms with E-state index in [-0.39, 0.29) is 0 Å². The molecule has 0 aliphatic carbocycles. The van der Waals surface area contributed by atoms with E-state index in [4.69, 9.17) is 10.3 Å². The van der Waals surface area contributed by atoms with Crippen molar-refractivity contribution in [1.82, 2.24) is 10.1 Å². The number of hydrogen-bond donors (Lipinski definition) is 1. The largest absolute Gasteiger partial charge is 0.368 e. The van der Waals surface area contributed by atoms with Gasteiger partial charge in [-0.1, -0.05) is 29.4 Å². The molecule has 0 spiro atoms. The summed E-state index contributed by atoms with van der Waals surface area (Å²) in [4.78, 5) is 2.17. The highest BCUT2D eigenvalue weighted by Crippen LogP contribution is 2.20. The fraction of sp³-hybridized carbons (Fsp3) is 0.308. The number of nitrogens with two attached hydrogens (primary N) is 1. The molecule has 0 saturated heterocycles. The monoisotopic (exact) mass is 231 g/mol. The average molecular weight is 231 g/mol. The highest BCUT2D eigenvalue weighted by molar-refractivity contribution is 5.61. The third-order valence-electron chi connectivity index (χ3n) is 2.63. The van der Waals surface area contributed by atoms with Gasteiger partial charge in [-0.15, -0.1) is 0 Å². The van der Waals surface area contributed by atoms with Crippen LogP contribution in [-0.4, -0.2) is 30.7 Å². The first-order chi connectivity index (χ1) is 8.15. The minimum absolute atomic E-state index is 0.344. The predicted octanol–water partition coefficient (Wildman–Crippen LogP) is 2.03. The van der Waals surface area contributed by atoms with Gasteiger partial charge in [0.15, 0.2) is 0 Å². The number of aromatic nitrogens is 1. The molecule has 0 atom stereocenters. The first-order valence-corrected chi connectivity index (χ1v) is 5.61. The van der Waals surface area contributed by atoms with Crippen molar-refractivity contribution in [2.45, 2.75) is 6.42 Å². The first kappa shape index (κ1) is 11.7. The van der Waals surface area contributed by atoms with Gasteiger partial charge < -0.3 is 15.2 Å². The Morgan fingerprint density at radius 1 is 1.24 bits per heavy atom. The molecule has 0 bridgehead atoms. The van der Waals surface area contributed by atoms with Crippen LogP contribution < -0.4 is 5.73 Å². The Morgan fingerprint density at radius 3 is 2.47 bits per heavy atom. The molecule has 1 aromatic heterocycles. The topological polar surface area (TPSA) is 55.3 Å². The fourth-order valence-electron chi connectivity index (χ4n) is 1.62. The van der Waals surface area contributed by atoms with E-state index in [2.05, 4.69) is 36.3 Å². The van der Waals surface area contributed by atoms with E-state index in [1.54, 1.807) is 6.07 Å². The molecule has 17 heavy (non-hydrogen) atoms. The Labute approximate surface area is 101 Å². The third kappa shape index (κ3) is 3.07. The van der Waals surface area contributed by atoms with Gasteiger partial charge in [-0.25, -0.2) is 0 Å². The maximum atomic E-state index is 5.49. The summed E-state index contributed by atoms with van der Waals surface area (Å²) in [5.41, 5.74) is 8.62. The number of likely N-dealkylation sites (N-methyl/N-ethyl adjacent to an activating group) is 1. The molecule has 2 N–H and O–H groups in total. The summed E-state index contributed by atoms with van der Waals surface area (Å²) in [6.45, 7) is 1.05. The quantitative estimate of drug-likeness (QED) is 0.874. The van der Waals surface area contributed by atoms with E-state index in [9.17, 15) is 0 Å². The van der Waals surface area contributed by atoms with Gasteiger partial charge in [0.1, 0.15) is 5.69 Å². The summed E-state index contributed by atoms with van der Waals surface area (Å²) in [6.07, 6.45) is 1.05. The summed E-state index contributed by atoms with van der Waals surface area (Å²) in [5, 5.41) is 3.88. The molecule has 0 unspecified atom stereocenters. The molecule has 4 heteroatoms. The standard InChI is InChI=1S/C13H17N3O/c1-16(2)8-7-10-3-5-11(6-4-10)12-9-13(14)17-15-12/h3-6,9H,7-8,14H2,1-2H3. The van der Waals surface area contributed by atoms with Crippen molar-refractivity contribution < 1.29 is 4.52 Å². The number of benzene rings is 1. The predicted molar refractivity (Wildman–Crippen MR) is 68.6 cm³/mol. The Bertz CT molecular complexity index is 474. The van der Waals surface area contributed by atoms with E-state index in [1.807, 2.05) is 12.1 Å². The minimum Gasteiger partial charge on any atom is -0.368 e. The van der Waals surface area contributed by atoms with Crippen molar-refractivity contribution in [2.75, 3.05) is 26.4 Å². The maximum Gasteiger partial charge on any atom is 0.222 e. The second-order valence-electron chi connectivity index (χ2n) is 4.36. The summed E-state index contributed by atoms with van der Waals surface area (Å²) >= 11 is 0. The summed E-state index contributed by atoms with van der Waals surface area (Å²) in [6, 6.07) is 10.0. The number of nitrogen functional groups attached to an aromatic ring is 1. The van der Waals surface area contributed by atoms with Gasteiger partial charge in [0.05, 0.1) is 0 Å². The molecule has 1 aromatic carbocycles. The molecule has 0 saturated carbocycles. The summed E-state index contributed by atoms with van der Waals surface area (Å²) in [7, 11) is 4.15. The highest BCUT2D eigenvalue weighted by Gasteiger charge is 2.04. The van der Waals surface area contributed by atoms with E-state index in [0.717, 1.165) is 24.2 Å². The van der Waals surface area contributed by atoms with E-state index < -0.39 is 0 Å². The lowest BCUT2D eigenvalue weighted by molar-refractivity contribution is 0.413. The smallest absolute Gasteiger partial charge is 0.222 e. The Morgan fingerprint density at radius 2 is 1.94 bits per heavy atom. The molecule has 2 aromatic rings. The van der Waals surface area contributed by atoms with Crippen LogP contribution in [0.15, 0.2) is 34.9 Å². The molecule has 0 fully saturated rings. The van der Waals surface area contributed by atoms with Crippen LogP contribution in [0.2, 0.25) is 0 Å². The van der Waals surface area contributed by atoms with Crippen LogP contribution in [0.5, 0.6) is 0 Å². The van der Waals surface area contributed by atoms with Crippen molar-refractivity contribution >= 4 is 5.88 Å². The normalized spacial score (nSPS) is 11.0. The van der Waals surface area contributed by atoms with Gasteiger partial charge in [-0.05, 0) is 26.1 Å². The number of hydrogen-bond acceptors (Lipinski definition) is 4. The van der Waals surface area contributed by atoms with Crippen molar-refractivity contribution in [3.63, 3.8) is 0 Å². The Kier molecular flexibility index (Phi) is 3.44. The molecule has 4 nitrogen and oxygen atoms in total. The number of anilines is 1. The minimum atomic E-state index is 0.344. The van der Waals surface area contributed by atoms with Crippen LogP contribution in [0.1, 0.15) is 5.56 Å². The lowest BCUT2D eigenvalue weighted by Crippen LogP contribution is -2.14. The van der Waals surface area contributed by atoms with Crippen LogP contribution in [0, 0.1) is 0 Å². The van der Waals surface area contributed by atoms with E-state index >= 15 is 0 Å². The lowest BCUT2D eigenvalue weighted by Gasteiger charge is -2.09. The zero-order chi connectivity index (χ0) is 12.3. The zero-order valence-corrected chi connectivity index (χ0v) is 10.2. The van der Waals surface area contributed by atoms with Crippen molar-refractivity contribution in [3.8, 4) is 11.3 Å². The van der Waals surface area contributed by atoms with Crippen LogP contribution in [-0.2, 0) is 6.42 Å². The van der Waals surface area contributed by atoms with Crippen molar-refractivity contribution in [2.24, 2.45) is 0 Å². The third-order valence-corrected chi connectivity index (χ3v) is 2.63. The Balaban J connectivity index is 2.07. The lowest BCUT2D eigenvalue weighted by atomic mass is 10.1. The van der Waals surface area contributed by atoms with Gasteiger partial charge in [-0.2, -0.15) is 0 Å². The maximum absolute atomic E-state index is 5.49. The summed E-state index contributed by atoms with van der Waals surface area (Å²) in [5.74, 6) is 0.344. The SMILES string of the molecule is CN(C)CCc1ccc(-c2cc(N)on2)cc1. The van der Waals surface area contributed by atoms with Gasteiger partial charge in [0.25, 0.3) is 0 Å². The molecule has 0 amide bonds. The molecule has 0 radical (unpaired) electrons. The fourth-order valence-corrected chi connectivity index (χ4v) is 1.62. The molecular formula is C13H17N3O. The molecule has 2 rings (SSSR count). The van der Waals surface area contributed by atoms with E-state index in [0.29, 0.717) is 5.88 Å². The highest BCUT2D eigenvalue weighted by atomic mass is 16.5. The van der Waals surface area contributed by atoms with E-state index in [1.165, 1.54) is 5.56 Å². The van der Waals surface area contributed by atoms with Gasteiger partial charge >= 0.3 is 0 Å². The molecule has 0 aliphatic heterocycles. The van der Waals surface area contributed by atoms with Crippen molar-refractivity contribution in [3.05, 3.63) is 35.9 Å².